The van der Waals surface area contributed by atoms with Gasteiger partial charge in [0.2, 0.25) is 5.79 Å². The van der Waals surface area contributed by atoms with E-state index < -0.39 is 11.8 Å². The molecule has 0 atom stereocenters. The highest BCUT2D eigenvalue weighted by Gasteiger charge is 2.35. The van der Waals surface area contributed by atoms with E-state index in [1.165, 1.54) is 0 Å². The van der Waals surface area contributed by atoms with Crippen molar-refractivity contribution in [2.24, 2.45) is 0 Å². The van der Waals surface area contributed by atoms with Crippen LogP contribution in [0, 0.1) is 0 Å². The molecule has 0 saturated carbocycles. The highest BCUT2D eigenvalue weighted by molar-refractivity contribution is 5.77. The lowest BCUT2D eigenvalue weighted by Crippen LogP contribution is -2.71. The zero-order valence-corrected chi connectivity index (χ0v) is 8.48. The Morgan fingerprint density at radius 1 is 1.08 bits per heavy atom. The summed E-state index contributed by atoms with van der Waals surface area (Å²) >= 11 is 0. The van der Waals surface area contributed by atoms with Gasteiger partial charge in [0.25, 0.3) is 0 Å². The Morgan fingerprint density at radius 3 is 1.54 bits per heavy atom. The molecule has 0 aromatic carbocycles. The van der Waals surface area contributed by atoms with E-state index in [2.05, 4.69) is 16.0 Å². The number of nitrogens with one attached hydrogen (secondary N) is 3. The summed E-state index contributed by atoms with van der Waals surface area (Å²) in [5.41, 5.74) is 0. The minimum Gasteiger partial charge on any atom is -0.478 e. The lowest BCUT2D eigenvalue weighted by molar-refractivity contribution is -0.148. The van der Waals surface area contributed by atoms with Gasteiger partial charge >= 0.3 is 5.97 Å². The van der Waals surface area contributed by atoms with Gasteiger partial charge < -0.3 is 5.11 Å². The normalized spacial score (nSPS) is 11.6. The van der Waals surface area contributed by atoms with Crippen LogP contribution in [0.5, 0.6) is 0 Å². The van der Waals surface area contributed by atoms with Gasteiger partial charge in [-0.1, -0.05) is 20.8 Å². The first-order valence-electron chi connectivity index (χ1n) is 4.61. The fourth-order valence-electron chi connectivity index (χ4n) is 1.21. The molecule has 0 rings (SSSR count). The summed E-state index contributed by atoms with van der Waals surface area (Å²) in [7, 11) is 0. The van der Waals surface area contributed by atoms with E-state index in [1.807, 2.05) is 20.8 Å². The van der Waals surface area contributed by atoms with E-state index in [1.54, 1.807) is 0 Å². The van der Waals surface area contributed by atoms with Gasteiger partial charge in [-0.15, -0.1) is 0 Å². The number of aliphatic carboxylic acids is 1. The predicted molar refractivity (Wildman–Crippen MR) is 51.4 cm³/mol. The van der Waals surface area contributed by atoms with E-state index in [4.69, 9.17) is 5.11 Å². The molecule has 0 saturated heterocycles. The van der Waals surface area contributed by atoms with Gasteiger partial charge in [0, 0.05) is 0 Å². The van der Waals surface area contributed by atoms with Crippen molar-refractivity contribution in [1.82, 2.24) is 16.0 Å². The van der Waals surface area contributed by atoms with Crippen molar-refractivity contribution < 1.29 is 9.90 Å². The van der Waals surface area contributed by atoms with Crippen LogP contribution in [0.3, 0.4) is 0 Å². The lowest BCUT2D eigenvalue weighted by atomic mass is 10.3. The molecule has 0 bridgehead atoms. The molecule has 0 aromatic rings. The SMILES string of the molecule is CCNC(NCC)(NCC)C(=O)O. The molecule has 0 fully saturated rings. The number of carboxylic acid groups (broad SMARTS) is 1. The Hall–Kier alpha value is -0.650. The molecule has 0 spiro atoms. The van der Waals surface area contributed by atoms with Crippen molar-refractivity contribution in [3.05, 3.63) is 0 Å². The number of rotatable bonds is 7. The van der Waals surface area contributed by atoms with Gasteiger partial charge in [-0.3, -0.25) is 16.0 Å². The third-order valence-corrected chi connectivity index (χ3v) is 1.65. The molecule has 5 heteroatoms. The topological polar surface area (TPSA) is 73.4 Å². The van der Waals surface area contributed by atoms with Crippen LogP contribution in [0.15, 0.2) is 0 Å². The number of hydrogen-bond donors (Lipinski definition) is 4. The van der Waals surface area contributed by atoms with Gasteiger partial charge in [0.05, 0.1) is 0 Å². The van der Waals surface area contributed by atoms with Gasteiger partial charge in [0.1, 0.15) is 0 Å². The summed E-state index contributed by atoms with van der Waals surface area (Å²) in [4.78, 5) is 11.0. The first kappa shape index (κ1) is 12.3. The van der Waals surface area contributed by atoms with Crippen LogP contribution in [0.4, 0.5) is 0 Å². The van der Waals surface area contributed by atoms with Crippen LogP contribution < -0.4 is 16.0 Å². The maximum atomic E-state index is 11.0. The Bertz CT molecular complexity index is 144. The zero-order chi connectivity index (χ0) is 10.3. The van der Waals surface area contributed by atoms with Crippen LogP contribution in [0.25, 0.3) is 0 Å². The van der Waals surface area contributed by atoms with E-state index >= 15 is 0 Å². The molecule has 0 aliphatic carbocycles. The van der Waals surface area contributed by atoms with Gasteiger partial charge in [-0.2, -0.15) is 0 Å². The molecule has 0 amide bonds. The predicted octanol–water partition coefficient (Wildman–Crippen LogP) is -0.447. The molecule has 13 heavy (non-hydrogen) atoms. The highest BCUT2D eigenvalue weighted by Crippen LogP contribution is 1.94. The second-order valence-corrected chi connectivity index (χ2v) is 2.65. The number of likely N-dealkylation sites (N-methyl/N-ethyl adjacent to an activating group) is 3. The Labute approximate surface area is 78.9 Å². The minimum absolute atomic E-state index is 0.590. The molecule has 5 nitrogen and oxygen atoms in total. The van der Waals surface area contributed by atoms with Crippen LogP contribution in [0.1, 0.15) is 20.8 Å². The van der Waals surface area contributed by atoms with Crippen molar-refractivity contribution >= 4 is 5.97 Å². The van der Waals surface area contributed by atoms with Crippen LogP contribution in [-0.2, 0) is 4.79 Å². The van der Waals surface area contributed by atoms with Crippen LogP contribution in [-0.4, -0.2) is 36.5 Å². The summed E-state index contributed by atoms with van der Waals surface area (Å²) in [6.07, 6.45) is 0. The van der Waals surface area contributed by atoms with Crippen LogP contribution in [0.2, 0.25) is 0 Å². The van der Waals surface area contributed by atoms with E-state index in [0.29, 0.717) is 19.6 Å². The maximum Gasteiger partial charge on any atom is 0.354 e. The molecule has 0 aromatic heterocycles. The fourth-order valence-corrected chi connectivity index (χ4v) is 1.21. The van der Waals surface area contributed by atoms with E-state index in [-0.39, 0.29) is 0 Å². The van der Waals surface area contributed by atoms with Gasteiger partial charge in [-0.25, -0.2) is 4.79 Å². The van der Waals surface area contributed by atoms with E-state index in [0.717, 1.165) is 0 Å². The summed E-state index contributed by atoms with van der Waals surface area (Å²) in [6.45, 7) is 7.37. The number of hydrogen-bond acceptors (Lipinski definition) is 4. The summed E-state index contributed by atoms with van der Waals surface area (Å²) < 4.78 is 0. The van der Waals surface area contributed by atoms with Crippen molar-refractivity contribution in [2.45, 2.75) is 26.6 Å². The van der Waals surface area contributed by atoms with Crippen molar-refractivity contribution in [2.75, 3.05) is 19.6 Å². The fraction of sp³-hybridized carbons (Fsp3) is 0.875. The smallest absolute Gasteiger partial charge is 0.354 e. The van der Waals surface area contributed by atoms with Crippen molar-refractivity contribution in [1.29, 1.82) is 0 Å². The first-order valence-corrected chi connectivity index (χ1v) is 4.61. The molecule has 0 aliphatic rings. The molecule has 0 aliphatic heterocycles. The highest BCUT2D eigenvalue weighted by atomic mass is 16.4. The molecular weight excluding hydrogens is 170 g/mol. The van der Waals surface area contributed by atoms with E-state index in [9.17, 15) is 4.79 Å². The van der Waals surface area contributed by atoms with Gasteiger partial charge in [-0.05, 0) is 19.6 Å². The van der Waals surface area contributed by atoms with Gasteiger partial charge in [0.15, 0.2) is 0 Å². The summed E-state index contributed by atoms with van der Waals surface area (Å²) in [5.74, 6) is -2.11. The largest absolute Gasteiger partial charge is 0.478 e. The first-order chi connectivity index (χ1) is 6.13. The average molecular weight is 189 g/mol. The minimum atomic E-state index is -1.18. The molecule has 0 radical (unpaired) electrons. The monoisotopic (exact) mass is 189 g/mol. The molecular formula is C8H19N3O2. The van der Waals surface area contributed by atoms with Crippen molar-refractivity contribution in [3.63, 3.8) is 0 Å². The Morgan fingerprint density at radius 2 is 1.38 bits per heavy atom. The summed E-state index contributed by atoms with van der Waals surface area (Å²) in [6, 6.07) is 0. The zero-order valence-electron chi connectivity index (χ0n) is 8.48. The average Bonchev–Trinajstić information content (AvgIpc) is 2.05. The molecule has 0 unspecified atom stereocenters. The summed E-state index contributed by atoms with van der Waals surface area (Å²) in [5, 5.41) is 17.7. The van der Waals surface area contributed by atoms with Crippen LogP contribution >= 0.6 is 0 Å². The third-order valence-electron chi connectivity index (χ3n) is 1.65. The quantitative estimate of drug-likeness (QED) is 0.408. The second-order valence-electron chi connectivity index (χ2n) is 2.65. The Balaban J connectivity index is 4.48. The van der Waals surface area contributed by atoms with Crippen molar-refractivity contribution in [3.8, 4) is 0 Å². The molecule has 0 heterocycles. The second kappa shape index (κ2) is 5.90. The Kier molecular flexibility index (Phi) is 5.61. The molecule has 78 valence electrons. The molecule has 4 N–H and O–H groups in total. The number of carbonyl (C=O) groups is 1. The number of carboxylic acids is 1. The standard InChI is InChI=1S/C8H19N3O2/c1-4-9-8(7(12)13,10-5-2)11-6-3/h9-11H,4-6H2,1-3H3,(H,12,13). The maximum absolute atomic E-state index is 11.0. The third kappa shape index (κ3) is 3.30. The lowest BCUT2D eigenvalue weighted by Gasteiger charge is -2.31.